The van der Waals surface area contributed by atoms with Crippen LogP contribution in [0.25, 0.3) is 0 Å². The molecular formula is C11H24N6. The lowest BCUT2D eigenvalue weighted by molar-refractivity contribution is 0.108. The molecule has 0 aromatic heterocycles. The van der Waals surface area contributed by atoms with Gasteiger partial charge in [0.15, 0.2) is 6.29 Å². The lowest BCUT2D eigenvalue weighted by Gasteiger charge is -2.45. The van der Waals surface area contributed by atoms with Crippen LogP contribution in [0.15, 0.2) is 9.98 Å². The van der Waals surface area contributed by atoms with E-state index >= 15 is 0 Å². The summed E-state index contributed by atoms with van der Waals surface area (Å²) in [5, 5.41) is 0. The van der Waals surface area contributed by atoms with Crippen molar-refractivity contribution < 1.29 is 0 Å². The van der Waals surface area contributed by atoms with Gasteiger partial charge in [0.2, 0.25) is 11.9 Å². The average Bonchev–Trinajstić information content (AvgIpc) is 1.93. The maximum Gasteiger partial charge on any atom is 0.221 e. The largest absolute Gasteiger partial charge is 0.369 e. The Kier molecular flexibility index (Phi) is 3.38. The molecule has 1 heterocycles. The number of hydrogen-bond acceptors (Lipinski definition) is 6. The Morgan fingerprint density at radius 1 is 1.18 bits per heavy atom. The first-order valence-electron chi connectivity index (χ1n) is 5.75. The minimum atomic E-state index is -0.565. The molecule has 0 amide bonds. The van der Waals surface area contributed by atoms with Gasteiger partial charge in [-0.3, -0.25) is 5.73 Å². The van der Waals surface area contributed by atoms with Crippen LogP contribution in [0.5, 0.6) is 0 Å². The van der Waals surface area contributed by atoms with E-state index < -0.39 is 6.29 Å². The predicted octanol–water partition coefficient (Wildman–Crippen LogP) is 0.389. The summed E-state index contributed by atoms with van der Waals surface area (Å²) >= 11 is 0. The molecule has 6 heteroatoms. The molecule has 1 rings (SSSR count). The molecule has 0 radical (unpaired) electrons. The monoisotopic (exact) mass is 240 g/mol. The molecule has 6 nitrogen and oxygen atoms in total. The Morgan fingerprint density at radius 2 is 1.71 bits per heavy atom. The standard InChI is InChI=1S/C11H24N6/c1-10(2,3)6-11(4,5)17-8(13)15-7(12)16-9(17)14/h8H,6,13H2,1-5H3,(H4,12,14,15,16). The van der Waals surface area contributed by atoms with E-state index in [0.717, 1.165) is 6.42 Å². The summed E-state index contributed by atoms with van der Waals surface area (Å²) in [5.74, 6) is 0.469. The molecule has 0 saturated heterocycles. The van der Waals surface area contributed by atoms with Crippen LogP contribution in [-0.4, -0.2) is 28.6 Å². The van der Waals surface area contributed by atoms with Crippen molar-refractivity contribution in [3.63, 3.8) is 0 Å². The van der Waals surface area contributed by atoms with Gasteiger partial charge in [-0.15, -0.1) is 0 Å². The molecule has 1 atom stereocenters. The van der Waals surface area contributed by atoms with Gasteiger partial charge in [0, 0.05) is 5.54 Å². The summed E-state index contributed by atoms with van der Waals surface area (Å²) in [4.78, 5) is 9.83. The average molecular weight is 240 g/mol. The summed E-state index contributed by atoms with van der Waals surface area (Å²) in [6.07, 6.45) is 0.351. The van der Waals surface area contributed by atoms with E-state index in [4.69, 9.17) is 17.2 Å². The van der Waals surface area contributed by atoms with Crippen LogP contribution in [0.2, 0.25) is 0 Å². The molecule has 0 saturated carbocycles. The molecule has 0 spiro atoms. The Morgan fingerprint density at radius 3 is 2.12 bits per heavy atom. The van der Waals surface area contributed by atoms with Gasteiger partial charge in [-0.1, -0.05) is 20.8 Å². The van der Waals surface area contributed by atoms with Crippen LogP contribution < -0.4 is 17.2 Å². The Labute approximate surface area is 103 Å². The fraction of sp³-hybridized carbons (Fsp3) is 0.818. The molecule has 0 fully saturated rings. The smallest absolute Gasteiger partial charge is 0.221 e. The normalized spacial score (nSPS) is 22.2. The first-order chi connectivity index (χ1) is 7.53. The minimum Gasteiger partial charge on any atom is -0.369 e. The van der Waals surface area contributed by atoms with Crippen LogP contribution in [0.4, 0.5) is 0 Å². The zero-order valence-electron chi connectivity index (χ0n) is 11.4. The lowest BCUT2D eigenvalue weighted by atomic mass is 9.81. The highest BCUT2D eigenvalue weighted by Gasteiger charge is 2.37. The van der Waals surface area contributed by atoms with E-state index in [9.17, 15) is 0 Å². The van der Waals surface area contributed by atoms with Gasteiger partial charge in [0.25, 0.3) is 0 Å². The molecule has 98 valence electrons. The molecule has 1 unspecified atom stereocenters. The van der Waals surface area contributed by atoms with Crippen LogP contribution in [0, 0.1) is 5.41 Å². The maximum atomic E-state index is 5.96. The third kappa shape index (κ3) is 3.33. The van der Waals surface area contributed by atoms with E-state index in [1.807, 2.05) is 4.90 Å². The molecule has 0 aliphatic carbocycles. The van der Waals surface area contributed by atoms with Crippen molar-refractivity contribution >= 4 is 11.9 Å². The zero-order valence-corrected chi connectivity index (χ0v) is 11.4. The van der Waals surface area contributed by atoms with Crippen molar-refractivity contribution in [2.24, 2.45) is 32.6 Å². The van der Waals surface area contributed by atoms with Gasteiger partial charge in [-0.2, -0.15) is 4.99 Å². The zero-order chi connectivity index (χ0) is 13.4. The summed E-state index contributed by atoms with van der Waals surface area (Å²) in [5.41, 5.74) is 17.3. The van der Waals surface area contributed by atoms with E-state index in [1.165, 1.54) is 0 Å². The number of nitrogens with two attached hydrogens (primary N) is 3. The molecular weight excluding hydrogens is 216 g/mol. The number of nitrogens with zero attached hydrogens (tertiary/aromatic N) is 3. The van der Waals surface area contributed by atoms with Gasteiger partial charge < -0.3 is 16.4 Å². The quantitative estimate of drug-likeness (QED) is 0.649. The van der Waals surface area contributed by atoms with E-state index in [1.54, 1.807) is 0 Å². The maximum absolute atomic E-state index is 5.96. The highest BCUT2D eigenvalue weighted by Crippen LogP contribution is 2.32. The summed E-state index contributed by atoms with van der Waals surface area (Å²) in [7, 11) is 0. The topological polar surface area (TPSA) is 106 Å². The first-order valence-corrected chi connectivity index (χ1v) is 5.75. The van der Waals surface area contributed by atoms with Crippen molar-refractivity contribution in [1.82, 2.24) is 4.90 Å². The first kappa shape index (κ1) is 13.8. The van der Waals surface area contributed by atoms with Crippen molar-refractivity contribution in [1.29, 1.82) is 0 Å². The van der Waals surface area contributed by atoms with Crippen LogP contribution >= 0.6 is 0 Å². The van der Waals surface area contributed by atoms with Crippen LogP contribution in [0.1, 0.15) is 41.0 Å². The third-order valence-corrected chi connectivity index (χ3v) is 2.62. The fourth-order valence-electron chi connectivity index (χ4n) is 2.58. The number of guanidine groups is 2. The Bertz CT molecular complexity index is 349. The van der Waals surface area contributed by atoms with E-state index in [0.29, 0.717) is 5.96 Å². The van der Waals surface area contributed by atoms with Crippen molar-refractivity contribution in [3.8, 4) is 0 Å². The van der Waals surface area contributed by atoms with Crippen molar-refractivity contribution in [2.45, 2.75) is 52.9 Å². The molecule has 0 aromatic rings. The summed E-state index contributed by atoms with van der Waals surface area (Å²) in [6.45, 7) is 10.7. The van der Waals surface area contributed by atoms with Gasteiger partial charge in [0.1, 0.15) is 0 Å². The SMILES string of the molecule is CC(C)(C)CC(C)(C)N1C(N)=NC(N)=NC1N. The van der Waals surface area contributed by atoms with Crippen LogP contribution in [-0.2, 0) is 0 Å². The van der Waals surface area contributed by atoms with Gasteiger partial charge in [-0.05, 0) is 25.7 Å². The second kappa shape index (κ2) is 4.18. The Balaban J connectivity index is 2.96. The molecule has 1 aliphatic heterocycles. The second-order valence-electron chi connectivity index (χ2n) is 6.29. The number of rotatable bonds is 2. The molecule has 6 N–H and O–H groups in total. The molecule has 0 bridgehead atoms. The molecule has 0 aromatic carbocycles. The Hall–Kier alpha value is -1.30. The van der Waals surface area contributed by atoms with Gasteiger partial charge in [-0.25, -0.2) is 4.99 Å². The highest BCUT2D eigenvalue weighted by molar-refractivity contribution is 5.95. The summed E-state index contributed by atoms with van der Waals surface area (Å²) < 4.78 is 0. The van der Waals surface area contributed by atoms with Gasteiger partial charge >= 0.3 is 0 Å². The van der Waals surface area contributed by atoms with Crippen molar-refractivity contribution in [3.05, 3.63) is 0 Å². The third-order valence-electron chi connectivity index (χ3n) is 2.62. The van der Waals surface area contributed by atoms with Crippen LogP contribution in [0.3, 0.4) is 0 Å². The fourth-order valence-corrected chi connectivity index (χ4v) is 2.58. The summed E-state index contributed by atoms with van der Waals surface area (Å²) in [6, 6.07) is 0. The predicted molar refractivity (Wildman–Crippen MR) is 71.2 cm³/mol. The lowest BCUT2D eigenvalue weighted by Crippen LogP contribution is -2.61. The highest BCUT2D eigenvalue weighted by atomic mass is 15.5. The molecule has 17 heavy (non-hydrogen) atoms. The minimum absolute atomic E-state index is 0.137. The van der Waals surface area contributed by atoms with E-state index in [2.05, 4.69) is 44.6 Å². The molecule has 1 aliphatic rings. The second-order valence-corrected chi connectivity index (χ2v) is 6.29. The van der Waals surface area contributed by atoms with E-state index in [-0.39, 0.29) is 16.9 Å². The number of aliphatic imine (C=N–C) groups is 2. The van der Waals surface area contributed by atoms with Gasteiger partial charge in [0.05, 0.1) is 0 Å². The van der Waals surface area contributed by atoms with Crippen molar-refractivity contribution in [2.75, 3.05) is 0 Å². The number of hydrogen-bond donors (Lipinski definition) is 3.